The number of halogens is 3. The van der Waals surface area contributed by atoms with Crippen LogP contribution in [0.3, 0.4) is 0 Å². The first-order chi connectivity index (χ1) is 13.3. The van der Waals surface area contributed by atoms with E-state index in [1.807, 2.05) is 19.6 Å². The zero-order valence-corrected chi connectivity index (χ0v) is 16.7. The lowest BCUT2D eigenvalue weighted by atomic mass is 10.2. The van der Waals surface area contributed by atoms with Gasteiger partial charge in [0.1, 0.15) is 11.5 Å². The molecule has 0 N–H and O–H groups in total. The summed E-state index contributed by atoms with van der Waals surface area (Å²) in [6.07, 6.45) is -5.28. The Morgan fingerprint density at radius 3 is 1.66 bits per heavy atom. The topological polar surface area (TPSA) is 78.9 Å². The first kappa shape index (κ1) is 22.1. The van der Waals surface area contributed by atoms with Crippen molar-refractivity contribution in [2.75, 3.05) is 0 Å². The predicted molar refractivity (Wildman–Crippen MR) is 98.3 cm³/mol. The summed E-state index contributed by atoms with van der Waals surface area (Å²) in [6, 6.07) is 10.9. The van der Waals surface area contributed by atoms with Crippen LogP contribution in [0.5, 0.6) is 11.5 Å². The Bertz CT molecular complexity index is 900. The molecule has 0 aliphatic heterocycles. The molecule has 154 valence electrons. The number of ether oxygens (including phenoxy) is 2. The van der Waals surface area contributed by atoms with Crippen LogP contribution >= 0.6 is 0 Å². The van der Waals surface area contributed by atoms with Crippen LogP contribution in [0.2, 0.25) is 19.6 Å². The normalized spacial score (nSPS) is 11.5. The first-order valence-corrected chi connectivity index (χ1v) is 11.7. The highest BCUT2D eigenvalue weighted by Crippen LogP contribution is 2.20. The van der Waals surface area contributed by atoms with Gasteiger partial charge in [-0.25, -0.2) is 14.4 Å². The number of benzene rings is 2. The third-order valence-electron chi connectivity index (χ3n) is 3.23. The minimum absolute atomic E-state index is 0.0520. The molecule has 0 bridgehead atoms. The minimum atomic E-state index is -5.28. The Balaban J connectivity index is 1.99. The van der Waals surface area contributed by atoms with Gasteiger partial charge in [-0.2, -0.15) is 13.2 Å². The van der Waals surface area contributed by atoms with Crippen molar-refractivity contribution in [2.24, 2.45) is 0 Å². The molecule has 0 aliphatic carbocycles. The Labute approximate surface area is 165 Å². The molecular formula is C19H17F3O6Si. The average molecular weight is 426 g/mol. The molecule has 0 fully saturated rings. The second-order valence-corrected chi connectivity index (χ2v) is 11.3. The van der Waals surface area contributed by atoms with E-state index in [0.717, 1.165) is 12.1 Å². The van der Waals surface area contributed by atoms with Gasteiger partial charge in [0.25, 0.3) is 0 Å². The molecule has 0 heterocycles. The molecule has 10 heteroatoms. The second-order valence-electron chi connectivity index (χ2n) is 6.83. The van der Waals surface area contributed by atoms with E-state index in [4.69, 9.17) is 9.16 Å². The molecule has 0 radical (unpaired) electrons. The maximum absolute atomic E-state index is 12.2. The van der Waals surface area contributed by atoms with Crippen LogP contribution < -0.4 is 9.16 Å². The molecule has 29 heavy (non-hydrogen) atoms. The Morgan fingerprint density at radius 1 is 0.759 bits per heavy atom. The number of esters is 3. The Kier molecular flexibility index (Phi) is 6.47. The van der Waals surface area contributed by atoms with Crippen molar-refractivity contribution in [1.82, 2.24) is 0 Å². The molecule has 0 aromatic heterocycles. The molecule has 0 unspecified atom stereocenters. The highest BCUT2D eigenvalue weighted by Gasteiger charge is 2.42. The van der Waals surface area contributed by atoms with E-state index in [0.29, 0.717) is 5.75 Å². The summed E-state index contributed by atoms with van der Waals surface area (Å²) in [5.74, 6) is -4.07. The fraction of sp³-hybridized carbons (Fsp3) is 0.211. The largest absolute Gasteiger partial charge is 0.544 e. The van der Waals surface area contributed by atoms with Gasteiger partial charge in [0, 0.05) is 0 Å². The van der Waals surface area contributed by atoms with Crippen LogP contribution in [-0.2, 0) is 9.53 Å². The van der Waals surface area contributed by atoms with Crippen LogP contribution in [0, 0.1) is 0 Å². The van der Waals surface area contributed by atoms with Crippen LogP contribution in [0.15, 0.2) is 48.5 Å². The number of rotatable bonds is 5. The van der Waals surface area contributed by atoms with Gasteiger partial charge in [0.05, 0.1) is 11.1 Å². The van der Waals surface area contributed by atoms with E-state index in [-0.39, 0.29) is 16.9 Å². The zero-order valence-electron chi connectivity index (χ0n) is 15.7. The van der Waals surface area contributed by atoms with Gasteiger partial charge in [-0.15, -0.1) is 0 Å². The van der Waals surface area contributed by atoms with Crippen molar-refractivity contribution in [3.05, 3.63) is 59.7 Å². The summed E-state index contributed by atoms with van der Waals surface area (Å²) in [7, 11) is -1.78. The smallest absolute Gasteiger partial charge is 0.491 e. The summed E-state index contributed by atoms with van der Waals surface area (Å²) in [5.41, 5.74) is -0.0533. The summed E-state index contributed by atoms with van der Waals surface area (Å²) < 4.78 is 51.0. The van der Waals surface area contributed by atoms with Crippen molar-refractivity contribution in [1.29, 1.82) is 0 Å². The molecule has 0 aliphatic rings. The molecule has 2 aromatic rings. The van der Waals surface area contributed by atoms with Gasteiger partial charge >= 0.3 is 24.1 Å². The van der Waals surface area contributed by atoms with E-state index in [1.165, 1.54) is 24.3 Å². The van der Waals surface area contributed by atoms with E-state index < -0.39 is 32.4 Å². The number of alkyl halides is 3. The maximum Gasteiger partial charge on any atom is 0.491 e. The summed E-state index contributed by atoms with van der Waals surface area (Å²) in [6.45, 7) is 6.06. The number of carbonyl (C=O) groups excluding carboxylic acids is 3. The second kappa shape index (κ2) is 8.48. The van der Waals surface area contributed by atoms with Crippen molar-refractivity contribution in [3.8, 4) is 11.5 Å². The van der Waals surface area contributed by atoms with E-state index in [1.54, 1.807) is 12.1 Å². The average Bonchev–Trinajstić information content (AvgIpc) is 2.60. The van der Waals surface area contributed by atoms with Crippen LogP contribution in [0.25, 0.3) is 0 Å². The van der Waals surface area contributed by atoms with E-state index >= 15 is 0 Å². The molecular weight excluding hydrogens is 409 g/mol. The number of carbonyl (C=O) groups is 3. The molecule has 2 rings (SSSR count). The predicted octanol–water partition coefficient (Wildman–Crippen LogP) is 4.37. The van der Waals surface area contributed by atoms with Crippen molar-refractivity contribution in [2.45, 2.75) is 25.8 Å². The fourth-order valence-corrected chi connectivity index (χ4v) is 2.88. The third kappa shape index (κ3) is 6.75. The van der Waals surface area contributed by atoms with E-state index in [9.17, 15) is 27.6 Å². The highest BCUT2D eigenvalue weighted by atomic mass is 28.4. The van der Waals surface area contributed by atoms with Gasteiger partial charge in [-0.3, -0.25) is 0 Å². The SMILES string of the molecule is C[Si](C)(C)Oc1ccc(C(=O)Oc2ccc(C(=O)OC(=O)C(F)(F)F)cc2)cc1. The fourth-order valence-electron chi connectivity index (χ4n) is 2.04. The summed E-state index contributed by atoms with van der Waals surface area (Å²) >= 11 is 0. The van der Waals surface area contributed by atoms with Crippen LogP contribution in [0.1, 0.15) is 20.7 Å². The molecule has 0 saturated carbocycles. The monoisotopic (exact) mass is 426 g/mol. The van der Waals surface area contributed by atoms with Gasteiger partial charge < -0.3 is 13.9 Å². The molecule has 0 amide bonds. The van der Waals surface area contributed by atoms with Gasteiger partial charge in [0.15, 0.2) is 0 Å². The lowest BCUT2D eigenvalue weighted by molar-refractivity contribution is -0.193. The van der Waals surface area contributed by atoms with Crippen LogP contribution in [-0.4, -0.2) is 32.4 Å². The Hall–Kier alpha value is -3.14. The zero-order chi connectivity index (χ0) is 21.8. The standard InChI is InChI=1S/C19H17F3O6Si/c1-29(2,3)28-15-10-6-12(7-11-15)16(23)26-14-8-4-13(5-9-14)17(24)27-18(25)19(20,21)22/h4-11H,1-3H3. The van der Waals surface area contributed by atoms with Crippen LogP contribution in [0.4, 0.5) is 13.2 Å². The van der Waals surface area contributed by atoms with Gasteiger partial charge in [-0.1, -0.05) is 0 Å². The lowest BCUT2D eigenvalue weighted by Crippen LogP contribution is -2.29. The highest BCUT2D eigenvalue weighted by molar-refractivity contribution is 6.70. The molecule has 6 nitrogen and oxygen atoms in total. The Morgan fingerprint density at radius 2 is 1.21 bits per heavy atom. The maximum atomic E-state index is 12.2. The quantitative estimate of drug-likeness (QED) is 0.306. The minimum Gasteiger partial charge on any atom is -0.544 e. The molecule has 2 aromatic carbocycles. The third-order valence-corrected chi connectivity index (χ3v) is 4.08. The summed E-state index contributed by atoms with van der Waals surface area (Å²) in [5, 5.41) is 0. The number of hydrogen-bond donors (Lipinski definition) is 0. The van der Waals surface area contributed by atoms with Crippen molar-refractivity contribution >= 4 is 26.2 Å². The first-order valence-electron chi connectivity index (χ1n) is 8.30. The molecule has 0 spiro atoms. The van der Waals surface area contributed by atoms with Crippen molar-refractivity contribution in [3.63, 3.8) is 0 Å². The van der Waals surface area contributed by atoms with Crippen molar-refractivity contribution < 1.29 is 41.5 Å². The number of hydrogen-bond acceptors (Lipinski definition) is 6. The van der Waals surface area contributed by atoms with Gasteiger partial charge in [0.2, 0.25) is 8.32 Å². The summed E-state index contributed by atoms with van der Waals surface area (Å²) in [4.78, 5) is 34.4. The molecule has 0 atom stereocenters. The lowest BCUT2D eigenvalue weighted by Gasteiger charge is -2.19. The van der Waals surface area contributed by atoms with E-state index in [2.05, 4.69) is 4.74 Å². The van der Waals surface area contributed by atoms with Gasteiger partial charge in [-0.05, 0) is 68.2 Å². The molecule has 0 saturated heterocycles.